The molecule has 1 aliphatic rings. The highest BCUT2D eigenvalue weighted by molar-refractivity contribution is 5.64. The molecule has 0 fully saturated rings. The van der Waals surface area contributed by atoms with E-state index in [0.717, 1.165) is 0 Å². The molecule has 0 spiro atoms. The Kier molecular flexibility index (Phi) is 2.63. The molecule has 2 unspecified atom stereocenters. The Morgan fingerprint density at radius 3 is 3.00 bits per heavy atom. The minimum atomic E-state index is -1.32. The number of rotatable bonds is 2. The van der Waals surface area contributed by atoms with Crippen molar-refractivity contribution in [3.63, 3.8) is 0 Å². The first kappa shape index (κ1) is 10.7. The Hall–Kier alpha value is -1.86. The highest BCUT2D eigenvalue weighted by Gasteiger charge is 2.44. The van der Waals surface area contributed by atoms with Gasteiger partial charge in [0.1, 0.15) is 23.6 Å². The number of carbonyl (C=O) groups is 1. The Bertz CT molecular complexity index is 452. The number of aliphatic hydroxyl groups is 1. The molecule has 0 bridgehead atoms. The van der Waals surface area contributed by atoms with Crippen LogP contribution < -0.4 is 4.74 Å². The van der Waals surface area contributed by atoms with Gasteiger partial charge in [0, 0.05) is 12.0 Å². The third kappa shape index (κ3) is 1.37. The number of nitriles is 1. The molecule has 0 amide bonds. The van der Waals surface area contributed by atoms with Gasteiger partial charge >= 0.3 is 0 Å². The first-order chi connectivity index (χ1) is 7.74. The Morgan fingerprint density at radius 1 is 1.56 bits per heavy atom. The van der Waals surface area contributed by atoms with E-state index in [1.54, 1.807) is 24.3 Å². The molecule has 16 heavy (non-hydrogen) atoms. The number of hydrogen-bond donors (Lipinski definition) is 1. The second-order valence-corrected chi connectivity index (χ2v) is 3.76. The number of hydrogen-bond acceptors (Lipinski definition) is 4. The molecule has 1 aromatic carbocycles. The SMILES string of the molecule is N#CC1(C(O)C=O)CCOc2ccccc21. The molecule has 0 aromatic heterocycles. The molecule has 1 heterocycles. The highest BCUT2D eigenvalue weighted by atomic mass is 16.5. The maximum atomic E-state index is 10.7. The summed E-state index contributed by atoms with van der Waals surface area (Å²) in [5.74, 6) is 0.566. The van der Waals surface area contributed by atoms with E-state index in [0.29, 0.717) is 30.6 Å². The van der Waals surface area contributed by atoms with Crippen LogP contribution in [-0.4, -0.2) is 24.1 Å². The summed E-state index contributed by atoms with van der Waals surface area (Å²) < 4.78 is 5.40. The number of ether oxygens (including phenoxy) is 1. The molecule has 2 rings (SSSR count). The van der Waals surface area contributed by atoms with E-state index in [1.165, 1.54) is 0 Å². The molecule has 0 saturated carbocycles. The Labute approximate surface area is 93.1 Å². The highest BCUT2D eigenvalue weighted by Crippen LogP contribution is 2.40. The zero-order valence-electron chi connectivity index (χ0n) is 8.59. The van der Waals surface area contributed by atoms with Crippen molar-refractivity contribution in [2.24, 2.45) is 0 Å². The van der Waals surface area contributed by atoms with Crippen LogP contribution in [0.25, 0.3) is 0 Å². The minimum absolute atomic E-state index is 0.320. The van der Waals surface area contributed by atoms with Crippen LogP contribution in [0.4, 0.5) is 0 Å². The van der Waals surface area contributed by atoms with Crippen LogP contribution in [0.2, 0.25) is 0 Å². The average Bonchev–Trinajstić information content (AvgIpc) is 2.37. The summed E-state index contributed by atoms with van der Waals surface area (Å²) in [4.78, 5) is 10.7. The van der Waals surface area contributed by atoms with E-state index >= 15 is 0 Å². The van der Waals surface area contributed by atoms with Crippen molar-refractivity contribution >= 4 is 6.29 Å². The van der Waals surface area contributed by atoms with Gasteiger partial charge < -0.3 is 14.6 Å². The molecule has 4 nitrogen and oxygen atoms in total. The molecule has 1 aromatic rings. The molecule has 1 aliphatic heterocycles. The predicted octanol–water partition coefficient (Wildman–Crippen LogP) is 0.790. The molecule has 0 aliphatic carbocycles. The summed E-state index contributed by atoms with van der Waals surface area (Å²) in [6.07, 6.45) is -0.589. The van der Waals surface area contributed by atoms with Crippen molar-refractivity contribution in [1.82, 2.24) is 0 Å². The van der Waals surface area contributed by atoms with Crippen LogP contribution in [0.1, 0.15) is 12.0 Å². The molecular formula is C12H11NO3. The lowest BCUT2D eigenvalue weighted by Crippen LogP contribution is -2.43. The van der Waals surface area contributed by atoms with Gasteiger partial charge in [0.15, 0.2) is 0 Å². The quantitative estimate of drug-likeness (QED) is 0.743. The van der Waals surface area contributed by atoms with Crippen LogP contribution in [0, 0.1) is 11.3 Å². The fraction of sp³-hybridized carbons (Fsp3) is 0.333. The maximum Gasteiger partial charge on any atom is 0.150 e. The fourth-order valence-electron chi connectivity index (χ4n) is 2.02. The van der Waals surface area contributed by atoms with Crippen molar-refractivity contribution in [3.05, 3.63) is 29.8 Å². The van der Waals surface area contributed by atoms with E-state index in [1.807, 2.05) is 0 Å². The molecule has 2 atom stereocenters. The van der Waals surface area contributed by atoms with Crippen molar-refractivity contribution < 1.29 is 14.6 Å². The third-order valence-electron chi connectivity index (χ3n) is 2.95. The van der Waals surface area contributed by atoms with Gasteiger partial charge in [-0.1, -0.05) is 18.2 Å². The summed E-state index contributed by atoms with van der Waals surface area (Å²) in [5.41, 5.74) is -0.584. The van der Waals surface area contributed by atoms with Crippen LogP contribution in [-0.2, 0) is 10.2 Å². The van der Waals surface area contributed by atoms with Crippen molar-refractivity contribution in [2.75, 3.05) is 6.61 Å². The van der Waals surface area contributed by atoms with Gasteiger partial charge in [-0.05, 0) is 6.07 Å². The summed E-state index contributed by atoms with van der Waals surface area (Å²) >= 11 is 0. The van der Waals surface area contributed by atoms with Gasteiger partial charge in [0.05, 0.1) is 12.7 Å². The molecule has 4 heteroatoms. The number of nitrogens with zero attached hydrogens (tertiary/aromatic N) is 1. The lowest BCUT2D eigenvalue weighted by Gasteiger charge is -2.34. The minimum Gasteiger partial charge on any atom is -0.493 e. The summed E-state index contributed by atoms with van der Waals surface area (Å²) in [5, 5.41) is 19.0. The van der Waals surface area contributed by atoms with Gasteiger partial charge in [-0.3, -0.25) is 0 Å². The number of aldehydes is 1. The molecule has 82 valence electrons. The second kappa shape index (κ2) is 3.95. The summed E-state index contributed by atoms with van der Waals surface area (Å²) in [6.45, 7) is 0.329. The van der Waals surface area contributed by atoms with E-state index in [2.05, 4.69) is 6.07 Å². The first-order valence-electron chi connectivity index (χ1n) is 5.01. The van der Waals surface area contributed by atoms with E-state index in [9.17, 15) is 15.2 Å². The molecular weight excluding hydrogens is 206 g/mol. The van der Waals surface area contributed by atoms with Gasteiger partial charge in [-0.15, -0.1) is 0 Å². The standard InChI is InChI=1S/C12H11NO3/c13-8-12(11(15)7-14)5-6-16-10-4-2-1-3-9(10)12/h1-4,7,11,15H,5-6H2. The lowest BCUT2D eigenvalue weighted by molar-refractivity contribution is -0.117. The fourth-order valence-corrected chi connectivity index (χ4v) is 2.02. The number of carbonyl (C=O) groups excluding carboxylic acids is 1. The number of aliphatic hydroxyl groups excluding tert-OH is 1. The normalized spacial score (nSPS) is 24.8. The van der Waals surface area contributed by atoms with E-state index in [-0.39, 0.29) is 0 Å². The van der Waals surface area contributed by atoms with Crippen LogP contribution >= 0.6 is 0 Å². The summed E-state index contributed by atoms with van der Waals surface area (Å²) in [7, 11) is 0. The van der Waals surface area contributed by atoms with Gasteiger partial charge in [0.25, 0.3) is 0 Å². The molecule has 0 radical (unpaired) electrons. The van der Waals surface area contributed by atoms with Crippen LogP contribution in [0.3, 0.4) is 0 Å². The smallest absolute Gasteiger partial charge is 0.150 e. The predicted molar refractivity (Wildman–Crippen MR) is 55.9 cm³/mol. The Balaban J connectivity index is 2.59. The van der Waals surface area contributed by atoms with Crippen LogP contribution in [0.5, 0.6) is 5.75 Å². The van der Waals surface area contributed by atoms with Crippen LogP contribution in [0.15, 0.2) is 24.3 Å². The third-order valence-corrected chi connectivity index (χ3v) is 2.95. The van der Waals surface area contributed by atoms with Gasteiger partial charge in [0.2, 0.25) is 0 Å². The largest absolute Gasteiger partial charge is 0.493 e. The summed E-state index contributed by atoms with van der Waals surface area (Å²) in [6, 6.07) is 9.06. The Morgan fingerprint density at radius 2 is 2.31 bits per heavy atom. The number of fused-ring (bicyclic) bond motifs is 1. The zero-order valence-corrected chi connectivity index (χ0v) is 8.59. The van der Waals surface area contributed by atoms with E-state index < -0.39 is 11.5 Å². The van der Waals surface area contributed by atoms with Crippen molar-refractivity contribution in [1.29, 1.82) is 5.26 Å². The second-order valence-electron chi connectivity index (χ2n) is 3.76. The number of benzene rings is 1. The monoisotopic (exact) mass is 217 g/mol. The van der Waals surface area contributed by atoms with E-state index in [4.69, 9.17) is 4.74 Å². The first-order valence-corrected chi connectivity index (χ1v) is 5.01. The van der Waals surface area contributed by atoms with Crippen molar-refractivity contribution in [2.45, 2.75) is 17.9 Å². The number of para-hydroxylation sites is 1. The zero-order chi connectivity index (χ0) is 11.6. The van der Waals surface area contributed by atoms with Crippen molar-refractivity contribution in [3.8, 4) is 11.8 Å². The average molecular weight is 217 g/mol. The lowest BCUT2D eigenvalue weighted by atomic mass is 9.73. The maximum absolute atomic E-state index is 10.7. The van der Waals surface area contributed by atoms with Gasteiger partial charge in [-0.2, -0.15) is 5.26 Å². The van der Waals surface area contributed by atoms with Gasteiger partial charge in [-0.25, -0.2) is 0 Å². The molecule has 1 N–H and O–H groups in total. The molecule has 0 saturated heterocycles. The topological polar surface area (TPSA) is 70.3 Å².